The van der Waals surface area contributed by atoms with Crippen LogP contribution in [0, 0.1) is 0 Å². The van der Waals surface area contributed by atoms with Crippen LogP contribution in [-0.2, 0) is 0 Å². The van der Waals surface area contributed by atoms with Gasteiger partial charge in [-0.25, -0.2) is 9.78 Å². The molecule has 0 aromatic carbocycles. The van der Waals surface area contributed by atoms with Crippen molar-refractivity contribution >= 4 is 17.5 Å². The number of urea groups is 1. The molecule has 9 heteroatoms. The first-order valence-electron chi connectivity index (χ1n) is 6.42. The number of hydrogen-bond acceptors (Lipinski definition) is 4. The third-order valence-corrected chi connectivity index (χ3v) is 3.12. The molecule has 1 aromatic rings. The number of aromatic nitrogens is 1. The first-order chi connectivity index (χ1) is 9.87. The highest BCUT2D eigenvalue weighted by atomic mass is 19.4. The van der Waals surface area contributed by atoms with Crippen molar-refractivity contribution in [1.82, 2.24) is 15.2 Å². The molecule has 6 nitrogen and oxygen atoms in total. The van der Waals surface area contributed by atoms with Gasteiger partial charge in [0.25, 0.3) is 0 Å². The Bertz CT molecular complexity index is 500. The van der Waals surface area contributed by atoms with E-state index in [9.17, 15) is 18.0 Å². The Balaban J connectivity index is 1.86. The van der Waals surface area contributed by atoms with Gasteiger partial charge in [0.15, 0.2) is 5.82 Å². The normalized spacial score (nSPS) is 16.0. The summed E-state index contributed by atoms with van der Waals surface area (Å²) in [5.41, 5.74) is 6.35. The Kier molecular flexibility index (Phi) is 4.39. The molecule has 116 valence electrons. The molecule has 0 unspecified atom stereocenters. The quantitative estimate of drug-likeness (QED) is 0.856. The Morgan fingerprint density at radius 1 is 1.33 bits per heavy atom. The van der Waals surface area contributed by atoms with Gasteiger partial charge in [-0.1, -0.05) is 0 Å². The highest BCUT2D eigenvalue weighted by Crippen LogP contribution is 2.20. The summed E-state index contributed by atoms with van der Waals surface area (Å²) in [7, 11) is 0. The number of amides is 2. The maximum atomic E-state index is 12.0. The Labute approximate surface area is 119 Å². The van der Waals surface area contributed by atoms with Gasteiger partial charge < -0.3 is 20.9 Å². The number of nitrogens with one attached hydrogen (secondary N) is 1. The standard InChI is InChI=1S/C12H16F3N5O/c13-12(14,15)8-18-11(21)20-6-4-19(5-7-20)10-9(16)2-1-3-17-10/h1-3H,4-8,16H2,(H,18,21). The molecule has 2 heterocycles. The van der Waals surface area contributed by atoms with Crippen LogP contribution < -0.4 is 16.0 Å². The van der Waals surface area contributed by atoms with Gasteiger partial charge in [-0.3, -0.25) is 0 Å². The number of alkyl halides is 3. The summed E-state index contributed by atoms with van der Waals surface area (Å²) in [5, 5.41) is 1.86. The number of piperazine rings is 1. The molecule has 1 fully saturated rings. The number of nitrogen functional groups attached to an aromatic ring is 1. The van der Waals surface area contributed by atoms with Gasteiger partial charge in [-0.05, 0) is 12.1 Å². The lowest BCUT2D eigenvalue weighted by Crippen LogP contribution is -2.53. The van der Waals surface area contributed by atoms with Gasteiger partial charge in [0.2, 0.25) is 0 Å². The molecule has 0 atom stereocenters. The lowest BCUT2D eigenvalue weighted by atomic mass is 10.3. The molecule has 0 bridgehead atoms. The van der Waals surface area contributed by atoms with Crippen molar-refractivity contribution in [3.8, 4) is 0 Å². The fourth-order valence-corrected chi connectivity index (χ4v) is 2.08. The minimum absolute atomic E-state index is 0.319. The van der Waals surface area contributed by atoms with E-state index in [2.05, 4.69) is 4.98 Å². The number of carbonyl (C=O) groups excluding carboxylic acids is 1. The molecular formula is C12H16F3N5O. The first kappa shape index (κ1) is 15.2. The summed E-state index contributed by atoms with van der Waals surface area (Å²) in [6, 6.07) is 2.74. The minimum Gasteiger partial charge on any atom is -0.396 e. The molecule has 0 radical (unpaired) electrons. The molecular weight excluding hydrogens is 287 g/mol. The number of carbonyl (C=O) groups is 1. The largest absolute Gasteiger partial charge is 0.405 e. The fourth-order valence-electron chi connectivity index (χ4n) is 2.08. The Hall–Kier alpha value is -2.19. The van der Waals surface area contributed by atoms with E-state index < -0.39 is 18.8 Å². The molecule has 1 saturated heterocycles. The van der Waals surface area contributed by atoms with Gasteiger partial charge in [-0.15, -0.1) is 0 Å². The van der Waals surface area contributed by atoms with Crippen molar-refractivity contribution in [2.45, 2.75) is 6.18 Å². The lowest BCUT2D eigenvalue weighted by molar-refractivity contribution is -0.123. The zero-order valence-electron chi connectivity index (χ0n) is 11.2. The van der Waals surface area contributed by atoms with Crippen molar-refractivity contribution in [3.63, 3.8) is 0 Å². The smallest absolute Gasteiger partial charge is 0.396 e. The number of halogens is 3. The van der Waals surface area contributed by atoms with Crippen LogP contribution in [0.4, 0.5) is 29.5 Å². The molecule has 2 amide bonds. The van der Waals surface area contributed by atoms with E-state index in [1.54, 1.807) is 18.3 Å². The summed E-state index contributed by atoms with van der Waals surface area (Å²) in [4.78, 5) is 19.0. The summed E-state index contributed by atoms with van der Waals surface area (Å²) < 4.78 is 36.1. The fraction of sp³-hybridized carbons (Fsp3) is 0.500. The number of nitrogens with zero attached hydrogens (tertiary/aromatic N) is 3. The molecule has 1 aliphatic rings. The molecule has 0 aliphatic carbocycles. The van der Waals surface area contributed by atoms with Gasteiger partial charge in [0, 0.05) is 32.4 Å². The molecule has 3 N–H and O–H groups in total. The van der Waals surface area contributed by atoms with Crippen LogP contribution in [0.5, 0.6) is 0 Å². The van der Waals surface area contributed by atoms with E-state index >= 15 is 0 Å². The third kappa shape index (κ3) is 4.14. The molecule has 21 heavy (non-hydrogen) atoms. The van der Waals surface area contributed by atoms with E-state index in [0.717, 1.165) is 0 Å². The van der Waals surface area contributed by atoms with E-state index in [1.807, 2.05) is 10.2 Å². The highest BCUT2D eigenvalue weighted by molar-refractivity contribution is 5.74. The highest BCUT2D eigenvalue weighted by Gasteiger charge is 2.30. The van der Waals surface area contributed by atoms with Crippen molar-refractivity contribution in [2.75, 3.05) is 43.4 Å². The summed E-state index contributed by atoms with van der Waals surface area (Å²) in [5.74, 6) is 0.632. The van der Waals surface area contributed by atoms with Gasteiger partial charge in [0.05, 0.1) is 5.69 Å². The maximum Gasteiger partial charge on any atom is 0.405 e. The van der Waals surface area contributed by atoms with Crippen LogP contribution in [0.25, 0.3) is 0 Å². The number of rotatable bonds is 2. The third-order valence-electron chi connectivity index (χ3n) is 3.12. The van der Waals surface area contributed by atoms with Gasteiger partial charge >= 0.3 is 12.2 Å². The van der Waals surface area contributed by atoms with Crippen LogP contribution >= 0.6 is 0 Å². The second-order valence-corrected chi connectivity index (χ2v) is 4.66. The van der Waals surface area contributed by atoms with E-state index in [0.29, 0.717) is 37.7 Å². The molecule has 2 rings (SSSR count). The summed E-state index contributed by atoms with van der Waals surface area (Å²) >= 11 is 0. The van der Waals surface area contributed by atoms with Gasteiger partial charge in [0.1, 0.15) is 6.54 Å². The second kappa shape index (κ2) is 6.06. The van der Waals surface area contributed by atoms with Crippen LogP contribution in [-0.4, -0.2) is 54.8 Å². The zero-order chi connectivity index (χ0) is 15.5. The lowest BCUT2D eigenvalue weighted by Gasteiger charge is -2.35. The second-order valence-electron chi connectivity index (χ2n) is 4.66. The minimum atomic E-state index is -4.40. The molecule has 0 spiro atoms. The average molecular weight is 303 g/mol. The SMILES string of the molecule is Nc1cccnc1N1CCN(C(=O)NCC(F)(F)F)CC1. The molecule has 0 saturated carbocycles. The summed E-state index contributed by atoms with van der Waals surface area (Å²) in [6.45, 7) is 0.264. The van der Waals surface area contributed by atoms with Crippen molar-refractivity contribution in [3.05, 3.63) is 18.3 Å². The van der Waals surface area contributed by atoms with Crippen molar-refractivity contribution in [2.24, 2.45) is 0 Å². The topological polar surface area (TPSA) is 74.5 Å². The maximum absolute atomic E-state index is 12.0. The number of pyridine rings is 1. The number of anilines is 2. The van der Waals surface area contributed by atoms with Crippen molar-refractivity contribution in [1.29, 1.82) is 0 Å². The Morgan fingerprint density at radius 3 is 2.57 bits per heavy atom. The van der Waals surface area contributed by atoms with Crippen LogP contribution in [0.15, 0.2) is 18.3 Å². The predicted octanol–water partition coefficient (Wildman–Crippen LogP) is 1.06. The van der Waals surface area contributed by atoms with Crippen molar-refractivity contribution < 1.29 is 18.0 Å². The van der Waals surface area contributed by atoms with Gasteiger partial charge in [-0.2, -0.15) is 13.2 Å². The van der Waals surface area contributed by atoms with E-state index in [-0.39, 0.29) is 0 Å². The van der Waals surface area contributed by atoms with Crippen LogP contribution in [0.1, 0.15) is 0 Å². The zero-order valence-corrected chi connectivity index (χ0v) is 11.2. The number of hydrogen-bond donors (Lipinski definition) is 2. The molecule has 1 aromatic heterocycles. The van der Waals surface area contributed by atoms with E-state index in [4.69, 9.17) is 5.73 Å². The van der Waals surface area contributed by atoms with Crippen LogP contribution in [0.3, 0.4) is 0 Å². The predicted molar refractivity (Wildman–Crippen MR) is 71.9 cm³/mol. The van der Waals surface area contributed by atoms with E-state index in [1.165, 1.54) is 4.90 Å². The summed E-state index contributed by atoms with van der Waals surface area (Å²) in [6.07, 6.45) is -2.78. The molecule has 1 aliphatic heterocycles. The Morgan fingerprint density at radius 2 is 2.00 bits per heavy atom. The number of nitrogens with two attached hydrogens (primary N) is 1. The average Bonchev–Trinajstić information content (AvgIpc) is 2.45. The van der Waals surface area contributed by atoms with Crippen LogP contribution in [0.2, 0.25) is 0 Å². The first-order valence-corrected chi connectivity index (χ1v) is 6.42. The monoisotopic (exact) mass is 303 g/mol.